The highest BCUT2D eigenvalue weighted by Crippen LogP contribution is 1.99. The predicted octanol–water partition coefficient (Wildman–Crippen LogP) is 2.81. The van der Waals surface area contributed by atoms with E-state index in [9.17, 15) is 9.18 Å². The first-order chi connectivity index (χ1) is 6.70. The van der Waals surface area contributed by atoms with Gasteiger partial charge < -0.3 is 4.74 Å². The van der Waals surface area contributed by atoms with Gasteiger partial charge in [0.25, 0.3) is 0 Å². The molecule has 0 N–H and O–H groups in total. The van der Waals surface area contributed by atoms with E-state index in [0.29, 0.717) is 0 Å². The predicted molar refractivity (Wildman–Crippen MR) is 61.8 cm³/mol. The fourth-order valence-corrected chi connectivity index (χ4v) is 1.03. The second kappa shape index (κ2) is 8.93. The molecular weight excluding hydrogens is 298 g/mol. The van der Waals surface area contributed by atoms with E-state index in [2.05, 4.69) is 39.5 Å². The minimum Gasteiger partial charge on any atom is -0.464 e. The number of alkyl halides is 1. The van der Waals surface area contributed by atoms with Crippen molar-refractivity contribution in [1.29, 1.82) is 0 Å². The lowest BCUT2D eigenvalue weighted by Gasteiger charge is -1.92. The van der Waals surface area contributed by atoms with Crippen LogP contribution in [0.15, 0.2) is 30.3 Å². The van der Waals surface area contributed by atoms with Crippen LogP contribution in [0.4, 0.5) is 4.39 Å². The average Bonchev–Trinajstić information content (AvgIpc) is 2.20. The molecule has 1 aromatic carbocycles. The minimum atomic E-state index is -1.02. The van der Waals surface area contributed by atoms with Gasteiger partial charge in [0.2, 0.25) is 0 Å². The maximum atomic E-state index is 11.1. The first-order valence-electron chi connectivity index (χ1n) is 4.12. The van der Waals surface area contributed by atoms with E-state index < -0.39 is 12.6 Å². The van der Waals surface area contributed by atoms with Crippen LogP contribution in [0.1, 0.15) is 6.92 Å². The molecule has 0 fully saturated rings. The van der Waals surface area contributed by atoms with Gasteiger partial charge in [-0.1, -0.05) is 18.2 Å². The van der Waals surface area contributed by atoms with Crippen molar-refractivity contribution in [2.45, 2.75) is 6.92 Å². The second-order valence-corrected chi connectivity index (χ2v) is 3.48. The molecule has 0 saturated carbocycles. The van der Waals surface area contributed by atoms with Crippen molar-refractivity contribution in [2.75, 3.05) is 13.3 Å². The molecule has 1 aromatic rings. The normalized spacial score (nSPS) is 8.50. The third kappa shape index (κ3) is 7.97. The lowest BCUT2D eigenvalue weighted by Crippen LogP contribution is -2.04. The highest BCUT2D eigenvalue weighted by Gasteiger charge is 1.94. The van der Waals surface area contributed by atoms with E-state index in [4.69, 9.17) is 0 Å². The molecule has 0 aromatic heterocycles. The monoisotopic (exact) mass is 310 g/mol. The largest absolute Gasteiger partial charge is 0.464 e. The molecule has 0 aliphatic rings. The Labute approximate surface area is 96.6 Å². The third-order valence-electron chi connectivity index (χ3n) is 1.15. The van der Waals surface area contributed by atoms with Crippen LogP contribution >= 0.6 is 22.6 Å². The number of ether oxygens (including phenoxy) is 1. The van der Waals surface area contributed by atoms with E-state index >= 15 is 0 Å². The number of hydrogen-bond donors (Lipinski definition) is 0. The molecule has 0 radical (unpaired) electrons. The summed E-state index contributed by atoms with van der Waals surface area (Å²) in [6.07, 6.45) is 0. The fraction of sp³-hybridized carbons (Fsp3) is 0.300. The van der Waals surface area contributed by atoms with Crippen LogP contribution in [0.2, 0.25) is 0 Å². The standard InChI is InChI=1S/C6H5I.C4H7FO2/c7-6-4-2-1-3-5-6;1-2-7-4(6)3-5/h1-5H;2-3H2,1H3. The molecule has 0 saturated heterocycles. The smallest absolute Gasteiger partial charge is 0.337 e. The lowest BCUT2D eigenvalue weighted by molar-refractivity contribution is -0.144. The summed E-state index contributed by atoms with van der Waals surface area (Å²) in [7, 11) is 0. The Morgan fingerprint density at radius 2 is 2.00 bits per heavy atom. The summed E-state index contributed by atoms with van der Waals surface area (Å²) in [6, 6.07) is 10.2. The van der Waals surface area contributed by atoms with Gasteiger partial charge in [-0.2, -0.15) is 0 Å². The molecule has 0 atom stereocenters. The molecule has 0 unspecified atom stereocenters. The molecule has 0 heterocycles. The zero-order valence-electron chi connectivity index (χ0n) is 7.87. The SMILES string of the molecule is CCOC(=O)CF.Ic1ccccc1. The number of carbonyl (C=O) groups is 1. The molecule has 78 valence electrons. The van der Waals surface area contributed by atoms with E-state index in [1.807, 2.05) is 18.2 Å². The zero-order valence-corrected chi connectivity index (χ0v) is 10.0. The number of benzene rings is 1. The van der Waals surface area contributed by atoms with Crippen molar-refractivity contribution in [3.63, 3.8) is 0 Å². The van der Waals surface area contributed by atoms with Gasteiger partial charge in [0, 0.05) is 3.57 Å². The highest BCUT2D eigenvalue weighted by atomic mass is 127. The molecule has 4 heteroatoms. The van der Waals surface area contributed by atoms with Gasteiger partial charge in [0.05, 0.1) is 6.61 Å². The first kappa shape index (κ1) is 13.4. The fourth-order valence-electron chi connectivity index (χ4n) is 0.614. The molecule has 0 aliphatic carbocycles. The van der Waals surface area contributed by atoms with E-state index in [1.54, 1.807) is 6.92 Å². The van der Waals surface area contributed by atoms with Crippen molar-refractivity contribution >= 4 is 28.6 Å². The number of esters is 1. The Morgan fingerprint density at radius 3 is 2.21 bits per heavy atom. The van der Waals surface area contributed by atoms with Gasteiger partial charge in [-0.3, -0.25) is 0 Å². The van der Waals surface area contributed by atoms with Gasteiger partial charge in [0.15, 0.2) is 6.67 Å². The van der Waals surface area contributed by atoms with E-state index in [-0.39, 0.29) is 6.61 Å². The summed E-state index contributed by atoms with van der Waals surface area (Å²) in [6.45, 7) is 0.865. The summed E-state index contributed by atoms with van der Waals surface area (Å²) in [4.78, 5) is 9.81. The highest BCUT2D eigenvalue weighted by molar-refractivity contribution is 14.1. The van der Waals surface area contributed by atoms with Crippen LogP contribution in [0.3, 0.4) is 0 Å². The summed E-state index contributed by atoms with van der Waals surface area (Å²) >= 11 is 2.28. The maximum absolute atomic E-state index is 11.1. The molecular formula is C10H12FIO2. The van der Waals surface area contributed by atoms with Crippen molar-refractivity contribution in [3.8, 4) is 0 Å². The number of carbonyl (C=O) groups excluding carboxylic acids is 1. The van der Waals surface area contributed by atoms with Gasteiger partial charge in [-0.25, -0.2) is 9.18 Å². The topological polar surface area (TPSA) is 26.3 Å². The molecule has 0 spiro atoms. The Bertz CT molecular complexity index is 252. The van der Waals surface area contributed by atoms with Crippen LogP contribution in [0.25, 0.3) is 0 Å². The van der Waals surface area contributed by atoms with Crippen LogP contribution in [-0.2, 0) is 9.53 Å². The molecule has 0 amide bonds. The van der Waals surface area contributed by atoms with Gasteiger partial charge >= 0.3 is 5.97 Å². The van der Waals surface area contributed by atoms with Crippen molar-refractivity contribution in [3.05, 3.63) is 33.9 Å². The summed E-state index contributed by atoms with van der Waals surface area (Å²) in [5.74, 6) is -0.789. The molecule has 0 bridgehead atoms. The summed E-state index contributed by atoms with van der Waals surface area (Å²) in [5, 5.41) is 0. The van der Waals surface area contributed by atoms with Crippen molar-refractivity contribution in [2.24, 2.45) is 0 Å². The maximum Gasteiger partial charge on any atom is 0.337 e. The molecule has 14 heavy (non-hydrogen) atoms. The van der Waals surface area contributed by atoms with E-state index in [0.717, 1.165) is 0 Å². The molecule has 2 nitrogen and oxygen atoms in total. The number of halogens is 2. The Balaban J connectivity index is 0.000000241. The van der Waals surface area contributed by atoms with Crippen LogP contribution in [0, 0.1) is 3.57 Å². The number of hydrogen-bond acceptors (Lipinski definition) is 2. The average molecular weight is 310 g/mol. The van der Waals surface area contributed by atoms with Crippen LogP contribution < -0.4 is 0 Å². The van der Waals surface area contributed by atoms with Crippen molar-refractivity contribution in [1.82, 2.24) is 0 Å². The zero-order chi connectivity index (χ0) is 10.8. The van der Waals surface area contributed by atoms with Gasteiger partial charge in [-0.05, 0) is 41.6 Å². The Kier molecular flexibility index (Phi) is 8.51. The molecule has 0 aliphatic heterocycles. The van der Waals surface area contributed by atoms with Crippen LogP contribution in [-0.4, -0.2) is 19.3 Å². The van der Waals surface area contributed by atoms with Crippen molar-refractivity contribution < 1.29 is 13.9 Å². The summed E-state index contributed by atoms with van der Waals surface area (Å²) in [5.41, 5.74) is 0. The number of rotatable bonds is 2. The van der Waals surface area contributed by atoms with Gasteiger partial charge in [0.1, 0.15) is 0 Å². The summed E-state index contributed by atoms with van der Waals surface area (Å²) < 4.78 is 16.6. The van der Waals surface area contributed by atoms with Crippen LogP contribution in [0.5, 0.6) is 0 Å². The minimum absolute atomic E-state index is 0.253. The Hall–Kier alpha value is -0.650. The third-order valence-corrected chi connectivity index (χ3v) is 1.87. The first-order valence-corrected chi connectivity index (χ1v) is 5.20. The Morgan fingerprint density at radius 1 is 1.43 bits per heavy atom. The lowest BCUT2D eigenvalue weighted by atomic mass is 10.4. The molecule has 1 rings (SSSR count). The quantitative estimate of drug-likeness (QED) is 0.620. The van der Waals surface area contributed by atoms with E-state index in [1.165, 1.54) is 3.57 Å². The van der Waals surface area contributed by atoms with Gasteiger partial charge in [-0.15, -0.1) is 0 Å². The second-order valence-electron chi connectivity index (χ2n) is 2.23.